The quantitative estimate of drug-likeness (QED) is 0.927. The third-order valence-electron chi connectivity index (χ3n) is 2.29. The van der Waals surface area contributed by atoms with Crippen LogP contribution in [0.1, 0.15) is 0 Å². The molecule has 0 spiro atoms. The Kier molecular flexibility index (Phi) is 3.19. The molecule has 6 heteroatoms. The molecule has 0 bridgehead atoms. The number of nitrogens with two attached hydrogens (primary N) is 1. The summed E-state index contributed by atoms with van der Waals surface area (Å²) in [6, 6.07) is 8.90. The zero-order valence-electron chi connectivity index (χ0n) is 9.08. The standard InChI is InChI=1S/C11H11NO3S2/c1-15-9-4-2-8(3-5-9)10-6-7-16-11(10)17(12,13)14/h2-7H,1H3,(H2,12,13,14). The molecule has 2 N–H and O–H groups in total. The Labute approximate surface area is 104 Å². The lowest BCUT2D eigenvalue weighted by Gasteiger charge is -2.04. The smallest absolute Gasteiger partial charge is 0.248 e. The number of primary sulfonamides is 1. The van der Waals surface area contributed by atoms with Crippen molar-refractivity contribution in [2.24, 2.45) is 5.14 Å². The number of rotatable bonds is 3. The number of ether oxygens (including phenoxy) is 1. The van der Waals surface area contributed by atoms with Crippen LogP contribution in [0.4, 0.5) is 0 Å². The van der Waals surface area contributed by atoms with Gasteiger partial charge in [-0.1, -0.05) is 12.1 Å². The highest BCUT2D eigenvalue weighted by Gasteiger charge is 2.16. The van der Waals surface area contributed by atoms with Gasteiger partial charge in [0, 0.05) is 5.56 Å². The molecule has 1 heterocycles. The molecular formula is C11H11NO3S2. The Bertz CT molecular complexity index is 614. The van der Waals surface area contributed by atoms with E-state index in [1.165, 1.54) is 0 Å². The van der Waals surface area contributed by atoms with Crippen LogP contribution < -0.4 is 9.88 Å². The first-order valence-electron chi connectivity index (χ1n) is 4.77. The molecule has 90 valence electrons. The molecule has 0 fully saturated rings. The highest BCUT2D eigenvalue weighted by molar-refractivity contribution is 7.91. The van der Waals surface area contributed by atoms with Gasteiger partial charge in [-0.2, -0.15) is 0 Å². The minimum Gasteiger partial charge on any atom is -0.497 e. The molecule has 0 amide bonds. The molecule has 0 aliphatic carbocycles. The van der Waals surface area contributed by atoms with Crippen molar-refractivity contribution < 1.29 is 13.2 Å². The summed E-state index contributed by atoms with van der Waals surface area (Å²) >= 11 is 1.12. The lowest BCUT2D eigenvalue weighted by molar-refractivity contribution is 0.415. The summed E-state index contributed by atoms with van der Waals surface area (Å²) in [5, 5.41) is 6.86. The van der Waals surface area contributed by atoms with Crippen LogP contribution in [-0.2, 0) is 10.0 Å². The lowest BCUT2D eigenvalue weighted by Crippen LogP contribution is -2.11. The van der Waals surface area contributed by atoms with Crippen LogP contribution in [0.2, 0.25) is 0 Å². The minimum atomic E-state index is -3.67. The van der Waals surface area contributed by atoms with Crippen molar-refractivity contribution in [1.29, 1.82) is 0 Å². The van der Waals surface area contributed by atoms with Gasteiger partial charge in [-0.05, 0) is 29.1 Å². The number of methoxy groups -OCH3 is 1. The van der Waals surface area contributed by atoms with Crippen LogP contribution in [0.15, 0.2) is 39.9 Å². The summed E-state index contributed by atoms with van der Waals surface area (Å²) in [4.78, 5) is 0. The van der Waals surface area contributed by atoms with Gasteiger partial charge in [0.2, 0.25) is 10.0 Å². The summed E-state index contributed by atoms with van der Waals surface area (Å²) in [5.74, 6) is 0.723. The molecule has 0 unspecified atom stereocenters. The number of sulfonamides is 1. The van der Waals surface area contributed by atoms with Crippen molar-refractivity contribution in [3.05, 3.63) is 35.7 Å². The van der Waals surface area contributed by atoms with E-state index in [-0.39, 0.29) is 4.21 Å². The van der Waals surface area contributed by atoms with E-state index in [9.17, 15) is 8.42 Å². The van der Waals surface area contributed by atoms with Gasteiger partial charge < -0.3 is 4.74 Å². The SMILES string of the molecule is COc1ccc(-c2ccsc2S(N)(=O)=O)cc1. The average Bonchev–Trinajstić information content (AvgIpc) is 2.78. The zero-order chi connectivity index (χ0) is 12.5. The fourth-order valence-electron chi connectivity index (χ4n) is 1.50. The normalized spacial score (nSPS) is 11.4. The van der Waals surface area contributed by atoms with Crippen molar-refractivity contribution >= 4 is 21.4 Å². The number of hydrogen-bond donors (Lipinski definition) is 1. The molecule has 1 aromatic heterocycles. The maximum atomic E-state index is 11.4. The number of thiophene rings is 1. The molecule has 2 rings (SSSR count). The second-order valence-electron chi connectivity index (χ2n) is 3.40. The van der Waals surface area contributed by atoms with Crippen LogP contribution >= 0.6 is 11.3 Å². The minimum absolute atomic E-state index is 0.183. The monoisotopic (exact) mass is 269 g/mol. The summed E-state index contributed by atoms with van der Waals surface area (Å²) in [6.45, 7) is 0. The van der Waals surface area contributed by atoms with Gasteiger partial charge in [-0.3, -0.25) is 0 Å². The fourth-order valence-corrected chi connectivity index (χ4v) is 3.34. The Morgan fingerprint density at radius 2 is 1.82 bits per heavy atom. The maximum Gasteiger partial charge on any atom is 0.248 e. The fraction of sp³-hybridized carbons (Fsp3) is 0.0909. The van der Waals surface area contributed by atoms with E-state index in [1.54, 1.807) is 42.8 Å². The van der Waals surface area contributed by atoms with Crippen molar-refractivity contribution in [3.63, 3.8) is 0 Å². The van der Waals surface area contributed by atoms with Crippen LogP contribution in [0.25, 0.3) is 11.1 Å². The van der Waals surface area contributed by atoms with Gasteiger partial charge in [0.15, 0.2) is 0 Å². The summed E-state index contributed by atoms with van der Waals surface area (Å²) in [6.07, 6.45) is 0. The van der Waals surface area contributed by atoms with E-state index in [1.807, 2.05) is 0 Å². The first-order valence-corrected chi connectivity index (χ1v) is 7.19. The van der Waals surface area contributed by atoms with Crippen molar-refractivity contribution in [3.8, 4) is 16.9 Å². The predicted molar refractivity (Wildman–Crippen MR) is 67.7 cm³/mol. The highest BCUT2D eigenvalue weighted by atomic mass is 32.2. The zero-order valence-corrected chi connectivity index (χ0v) is 10.7. The second kappa shape index (κ2) is 4.48. The largest absolute Gasteiger partial charge is 0.497 e. The molecular weight excluding hydrogens is 258 g/mol. The molecule has 0 saturated heterocycles. The van der Waals surface area contributed by atoms with Gasteiger partial charge >= 0.3 is 0 Å². The van der Waals surface area contributed by atoms with Gasteiger partial charge in [0.1, 0.15) is 9.96 Å². The highest BCUT2D eigenvalue weighted by Crippen LogP contribution is 2.32. The van der Waals surface area contributed by atoms with Crippen LogP contribution in [-0.4, -0.2) is 15.5 Å². The van der Waals surface area contributed by atoms with Gasteiger partial charge in [0.25, 0.3) is 0 Å². The number of hydrogen-bond acceptors (Lipinski definition) is 4. The number of benzene rings is 1. The third-order valence-corrected chi connectivity index (χ3v) is 4.72. The maximum absolute atomic E-state index is 11.4. The molecule has 0 saturated carbocycles. The Balaban J connectivity index is 2.50. The summed E-state index contributed by atoms with van der Waals surface area (Å²) in [7, 11) is -2.09. The van der Waals surface area contributed by atoms with E-state index in [4.69, 9.17) is 9.88 Å². The molecule has 2 aromatic rings. The Morgan fingerprint density at radius 1 is 1.18 bits per heavy atom. The topological polar surface area (TPSA) is 69.4 Å². The Hall–Kier alpha value is -1.37. The average molecular weight is 269 g/mol. The van der Waals surface area contributed by atoms with E-state index in [2.05, 4.69) is 0 Å². The third kappa shape index (κ3) is 2.49. The predicted octanol–water partition coefficient (Wildman–Crippen LogP) is 2.07. The van der Waals surface area contributed by atoms with E-state index in [0.29, 0.717) is 5.56 Å². The van der Waals surface area contributed by atoms with Crippen LogP contribution in [0, 0.1) is 0 Å². The lowest BCUT2D eigenvalue weighted by atomic mass is 10.1. The van der Waals surface area contributed by atoms with Gasteiger partial charge in [0.05, 0.1) is 7.11 Å². The Morgan fingerprint density at radius 3 is 2.35 bits per heavy atom. The summed E-state index contributed by atoms with van der Waals surface area (Å²) in [5.41, 5.74) is 1.43. The molecule has 0 aliphatic heterocycles. The first kappa shape index (κ1) is 12.1. The van der Waals surface area contributed by atoms with Crippen molar-refractivity contribution in [2.45, 2.75) is 4.21 Å². The molecule has 0 aliphatic rings. The molecule has 1 aromatic carbocycles. The van der Waals surface area contributed by atoms with E-state index < -0.39 is 10.0 Å². The van der Waals surface area contributed by atoms with Gasteiger partial charge in [-0.15, -0.1) is 11.3 Å². The van der Waals surface area contributed by atoms with Crippen LogP contribution in [0.5, 0.6) is 5.75 Å². The first-order chi connectivity index (χ1) is 8.02. The summed E-state index contributed by atoms with van der Waals surface area (Å²) < 4.78 is 28.0. The molecule has 4 nitrogen and oxygen atoms in total. The van der Waals surface area contributed by atoms with Crippen LogP contribution in [0.3, 0.4) is 0 Å². The molecule has 0 radical (unpaired) electrons. The van der Waals surface area contributed by atoms with Gasteiger partial charge in [-0.25, -0.2) is 13.6 Å². The van der Waals surface area contributed by atoms with Crippen molar-refractivity contribution in [2.75, 3.05) is 7.11 Å². The molecule has 17 heavy (non-hydrogen) atoms. The van der Waals surface area contributed by atoms with E-state index >= 15 is 0 Å². The van der Waals surface area contributed by atoms with E-state index in [0.717, 1.165) is 22.6 Å². The second-order valence-corrected chi connectivity index (χ2v) is 6.07. The van der Waals surface area contributed by atoms with Crippen molar-refractivity contribution in [1.82, 2.24) is 0 Å². The molecule has 0 atom stereocenters.